The molecular formula is C15H21FN2O3. The van der Waals surface area contributed by atoms with Crippen LogP contribution in [0, 0.1) is 11.7 Å². The maximum atomic E-state index is 13.7. The number of carboxylic acids is 1. The quantitative estimate of drug-likeness (QED) is 0.845. The van der Waals surface area contributed by atoms with Crippen molar-refractivity contribution >= 4 is 17.7 Å². The number of hydrogen-bond donors (Lipinski definition) is 2. The first-order valence-electron chi connectivity index (χ1n) is 6.97. The lowest BCUT2D eigenvalue weighted by atomic mass is 10.1. The van der Waals surface area contributed by atoms with Gasteiger partial charge in [0.25, 0.3) is 0 Å². The van der Waals surface area contributed by atoms with Gasteiger partial charge in [0.15, 0.2) is 0 Å². The third kappa shape index (κ3) is 4.73. The number of aromatic carboxylic acids is 1. The third-order valence-electron chi connectivity index (χ3n) is 3.35. The Morgan fingerprint density at radius 3 is 2.57 bits per heavy atom. The van der Waals surface area contributed by atoms with E-state index in [9.17, 15) is 14.0 Å². The molecule has 0 radical (unpaired) electrons. The zero-order valence-electron chi connectivity index (χ0n) is 12.5. The lowest BCUT2D eigenvalue weighted by Crippen LogP contribution is -2.38. The summed E-state index contributed by atoms with van der Waals surface area (Å²) in [5, 5.41) is 11.3. The van der Waals surface area contributed by atoms with Crippen LogP contribution in [0.25, 0.3) is 0 Å². The lowest BCUT2D eigenvalue weighted by molar-refractivity contribution is 0.0697. The third-order valence-corrected chi connectivity index (χ3v) is 3.35. The highest BCUT2D eigenvalue weighted by Gasteiger charge is 2.17. The summed E-state index contributed by atoms with van der Waals surface area (Å²) < 4.78 is 13.7. The molecule has 21 heavy (non-hydrogen) atoms. The second-order valence-corrected chi connectivity index (χ2v) is 4.98. The van der Waals surface area contributed by atoms with E-state index in [-0.39, 0.29) is 11.3 Å². The van der Waals surface area contributed by atoms with E-state index in [0.717, 1.165) is 24.6 Å². The minimum Gasteiger partial charge on any atom is -0.478 e. The van der Waals surface area contributed by atoms with Crippen molar-refractivity contribution in [2.75, 3.05) is 18.4 Å². The first kappa shape index (κ1) is 16.9. The molecule has 0 fully saturated rings. The Balaban J connectivity index is 2.86. The van der Waals surface area contributed by atoms with Gasteiger partial charge in [-0.15, -0.1) is 0 Å². The maximum Gasteiger partial charge on any atom is 0.335 e. The molecule has 0 heterocycles. The Kier molecular flexibility index (Phi) is 6.14. The summed E-state index contributed by atoms with van der Waals surface area (Å²) in [4.78, 5) is 24.6. The molecule has 1 rings (SSSR count). The Bertz CT molecular complexity index is 520. The van der Waals surface area contributed by atoms with Crippen molar-refractivity contribution in [3.05, 3.63) is 29.6 Å². The predicted molar refractivity (Wildman–Crippen MR) is 79.1 cm³/mol. The van der Waals surface area contributed by atoms with E-state index in [0.29, 0.717) is 19.0 Å². The minimum absolute atomic E-state index is 0.0725. The second kappa shape index (κ2) is 7.61. The van der Waals surface area contributed by atoms with Crippen LogP contribution >= 0.6 is 0 Å². The molecule has 1 aromatic rings. The van der Waals surface area contributed by atoms with Gasteiger partial charge in [-0.05, 0) is 31.0 Å². The Morgan fingerprint density at radius 2 is 2.05 bits per heavy atom. The first-order valence-corrected chi connectivity index (χ1v) is 6.97. The lowest BCUT2D eigenvalue weighted by Gasteiger charge is -2.24. The van der Waals surface area contributed by atoms with Crippen LogP contribution in [-0.4, -0.2) is 35.1 Å². The number of amides is 2. The number of urea groups is 1. The van der Waals surface area contributed by atoms with Crippen molar-refractivity contribution in [1.29, 1.82) is 0 Å². The number of nitrogens with zero attached hydrogens (tertiary/aromatic N) is 1. The normalized spacial score (nSPS) is 11.8. The average molecular weight is 296 g/mol. The van der Waals surface area contributed by atoms with E-state index in [1.165, 1.54) is 0 Å². The van der Waals surface area contributed by atoms with Gasteiger partial charge in [-0.2, -0.15) is 0 Å². The van der Waals surface area contributed by atoms with Crippen LogP contribution in [0.15, 0.2) is 18.2 Å². The van der Waals surface area contributed by atoms with Crippen molar-refractivity contribution in [2.24, 2.45) is 5.92 Å². The van der Waals surface area contributed by atoms with Crippen molar-refractivity contribution in [3.63, 3.8) is 0 Å². The van der Waals surface area contributed by atoms with Crippen molar-refractivity contribution < 1.29 is 19.1 Å². The van der Waals surface area contributed by atoms with Crippen molar-refractivity contribution in [3.8, 4) is 0 Å². The number of halogens is 1. The van der Waals surface area contributed by atoms with Gasteiger partial charge in [-0.1, -0.05) is 20.3 Å². The average Bonchev–Trinajstić information content (AvgIpc) is 2.46. The number of hydrogen-bond acceptors (Lipinski definition) is 2. The van der Waals surface area contributed by atoms with E-state index in [1.807, 2.05) is 20.8 Å². The minimum atomic E-state index is -1.17. The van der Waals surface area contributed by atoms with Gasteiger partial charge in [-0.3, -0.25) is 0 Å². The number of carboxylic acid groups (broad SMARTS) is 1. The topological polar surface area (TPSA) is 69.6 Å². The Morgan fingerprint density at radius 1 is 1.38 bits per heavy atom. The molecule has 5 nitrogen and oxygen atoms in total. The molecule has 0 saturated heterocycles. The fourth-order valence-corrected chi connectivity index (χ4v) is 1.81. The highest BCUT2D eigenvalue weighted by Crippen LogP contribution is 2.17. The maximum absolute atomic E-state index is 13.7. The van der Waals surface area contributed by atoms with Gasteiger partial charge < -0.3 is 15.3 Å². The number of anilines is 1. The zero-order valence-corrected chi connectivity index (χ0v) is 12.5. The van der Waals surface area contributed by atoms with Gasteiger partial charge in [0.05, 0.1) is 11.3 Å². The molecule has 2 amide bonds. The standard InChI is InChI=1S/C15H21FN2O3/c1-4-10(3)9-18(5-2)15(21)17-13-8-11(14(19)20)6-7-12(13)16/h6-8,10H,4-5,9H2,1-3H3,(H,17,21)(H,19,20). The molecule has 0 aromatic heterocycles. The summed E-state index contributed by atoms with van der Waals surface area (Å²) in [5.74, 6) is -1.49. The van der Waals surface area contributed by atoms with E-state index in [1.54, 1.807) is 4.90 Å². The molecule has 116 valence electrons. The van der Waals surface area contributed by atoms with Gasteiger partial charge in [0.2, 0.25) is 0 Å². The van der Waals surface area contributed by atoms with Gasteiger partial charge in [-0.25, -0.2) is 14.0 Å². The van der Waals surface area contributed by atoms with Gasteiger partial charge in [0.1, 0.15) is 5.82 Å². The molecule has 0 aliphatic rings. The predicted octanol–water partition coefficient (Wildman–Crippen LogP) is 3.42. The zero-order chi connectivity index (χ0) is 16.0. The number of carbonyl (C=O) groups is 2. The molecule has 0 spiro atoms. The SMILES string of the molecule is CCC(C)CN(CC)C(=O)Nc1cc(C(=O)O)ccc1F. The summed E-state index contributed by atoms with van der Waals surface area (Å²) in [5.41, 5.74) is -0.195. The van der Waals surface area contributed by atoms with Crippen LogP contribution in [0.5, 0.6) is 0 Å². The second-order valence-electron chi connectivity index (χ2n) is 4.98. The van der Waals surface area contributed by atoms with Crippen molar-refractivity contribution in [1.82, 2.24) is 4.90 Å². The number of carbonyl (C=O) groups excluding carboxylic acids is 1. The fourth-order valence-electron chi connectivity index (χ4n) is 1.81. The van der Waals surface area contributed by atoms with Gasteiger partial charge in [0, 0.05) is 13.1 Å². The highest BCUT2D eigenvalue weighted by molar-refractivity contribution is 5.93. The fraction of sp³-hybridized carbons (Fsp3) is 0.467. The smallest absolute Gasteiger partial charge is 0.335 e. The molecule has 0 bridgehead atoms. The van der Waals surface area contributed by atoms with Crippen LogP contribution in [0.3, 0.4) is 0 Å². The van der Waals surface area contributed by atoms with E-state index in [2.05, 4.69) is 5.32 Å². The highest BCUT2D eigenvalue weighted by atomic mass is 19.1. The Labute approximate surface area is 123 Å². The molecule has 0 saturated carbocycles. The summed E-state index contributed by atoms with van der Waals surface area (Å²) in [6.07, 6.45) is 0.937. The molecule has 2 N–H and O–H groups in total. The molecule has 1 atom stereocenters. The number of rotatable bonds is 6. The van der Waals surface area contributed by atoms with Gasteiger partial charge >= 0.3 is 12.0 Å². The largest absolute Gasteiger partial charge is 0.478 e. The molecule has 1 unspecified atom stereocenters. The van der Waals surface area contributed by atoms with Crippen LogP contribution < -0.4 is 5.32 Å². The summed E-state index contributed by atoms with van der Waals surface area (Å²) in [6, 6.07) is 2.88. The van der Waals surface area contributed by atoms with Crippen molar-refractivity contribution in [2.45, 2.75) is 27.2 Å². The van der Waals surface area contributed by atoms with Crippen LogP contribution in [0.2, 0.25) is 0 Å². The number of nitrogens with one attached hydrogen (secondary N) is 1. The van der Waals surface area contributed by atoms with E-state index >= 15 is 0 Å². The van der Waals surface area contributed by atoms with E-state index < -0.39 is 17.8 Å². The molecule has 0 aliphatic carbocycles. The van der Waals surface area contributed by atoms with E-state index in [4.69, 9.17) is 5.11 Å². The molecule has 0 aliphatic heterocycles. The van der Waals surface area contributed by atoms with Crippen LogP contribution in [0.4, 0.5) is 14.9 Å². The van der Waals surface area contributed by atoms with Crippen LogP contribution in [-0.2, 0) is 0 Å². The molecule has 6 heteroatoms. The molecule has 1 aromatic carbocycles. The summed E-state index contributed by atoms with van der Waals surface area (Å²) in [6.45, 7) is 6.97. The van der Waals surface area contributed by atoms with Crippen LogP contribution in [0.1, 0.15) is 37.6 Å². The summed E-state index contributed by atoms with van der Waals surface area (Å²) in [7, 11) is 0. The Hall–Kier alpha value is -2.11. The first-order chi connectivity index (χ1) is 9.88. The molecular weight excluding hydrogens is 275 g/mol. The summed E-state index contributed by atoms with van der Waals surface area (Å²) >= 11 is 0. The monoisotopic (exact) mass is 296 g/mol. The number of benzene rings is 1.